The Labute approximate surface area is 67.6 Å². The molecule has 0 aliphatic rings. The third kappa shape index (κ3) is 0.833. The van der Waals surface area contributed by atoms with Gasteiger partial charge in [-0.15, -0.1) is 0 Å². The minimum Gasteiger partial charge on any atom is -0.365 e. The first kappa shape index (κ1) is 6.78. The second-order valence-corrected chi connectivity index (χ2v) is 2.35. The number of hydrogen-bond acceptors (Lipinski definition) is 3. The normalized spacial score (nSPS) is 10.3. The Kier molecular flexibility index (Phi) is 1.30. The predicted molar refractivity (Wildman–Crippen MR) is 42.4 cm³/mol. The fourth-order valence-corrected chi connectivity index (χ4v) is 1.06. The van der Waals surface area contributed by atoms with E-state index < -0.39 is 5.91 Å². The summed E-state index contributed by atoms with van der Waals surface area (Å²) in [6, 6.07) is 0. The molecule has 2 heterocycles. The maximum absolute atomic E-state index is 10.8. The Morgan fingerprint density at radius 2 is 2.42 bits per heavy atom. The highest BCUT2D eigenvalue weighted by molar-refractivity contribution is 6.04. The lowest BCUT2D eigenvalue weighted by atomic mass is 10.3. The van der Waals surface area contributed by atoms with Crippen LogP contribution in [0.1, 0.15) is 10.4 Å². The van der Waals surface area contributed by atoms with E-state index in [1.165, 1.54) is 12.5 Å². The molecule has 0 bridgehead atoms. The van der Waals surface area contributed by atoms with Crippen molar-refractivity contribution >= 4 is 16.9 Å². The van der Waals surface area contributed by atoms with E-state index in [0.717, 1.165) is 0 Å². The van der Waals surface area contributed by atoms with Gasteiger partial charge in [-0.2, -0.15) is 0 Å². The van der Waals surface area contributed by atoms with Gasteiger partial charge < -0.3 is 10.7 Å². The van der Waals surface area contributed by atoms with Gasteiger partial charge in [-0.3, -0.25) is 4.79 Å². The van der Waals surface area contributed by atoms with Gasteiger partial charge in [0.25, 0.3) is 5.91 Å². The second-order valence-electron chi connectivity index (χ2n) is 2.35. The number of fused-ring (bicyclic) bond motifs is 1. The molecule has 2 aromatic heterocycles. The average molecular weight is 162 g/mol. The number of nitrogens with one attached hydrogen (secondary N) is 1. The zero-order valence-corrected chi connectivity index (χ0v) is 6.11. The largest absolute Gasteiger partial charge is 0.365 e. The molecule has 0 aromatic carbocycles. The van der Waals surface area contributed by atoms with E-state index in [1.807, 2.05) is 0 Å². The molecule has 0 saturated heterocycles. The molecule has 5 nitrogen and oxygen atoms in total. The van der Waals surface area contributed by atoms with Crippen molar-refractivity contribution in [2.45, 2.75) is 0 Å². The summed E-state index contributed by atoms with van der Waals surface area (Å²) >= 11 is 0. The van der Waals surface area contributed by atoms with Crippen molar-refractivity contribution in [2.24, 2.45) is 5.73 Å². The summed E-state index contributed by atoms with van der Waals surface area (Å²) in [4.78, 5) is 21.4. The Hall–Kier alpha value is -1.91. The summed E-state index contributed by atoms with van der Waals surface area (Å²) in [6.07, 6.45) is 4.50. The molecule has 3 N–H and O–H groups in total. The summed E-state index contributed by atoms with van der Waals surface area (Å²) in [7, 11) is 0. The van der Waals surface area contributed by atoms with Crippen LogP contribution in [0.25, 0.3) is 11.0 Å². The summed E-state index contributed by atoms with van der Waals surface area (Å²) in [6.45, 7) is 0. The van der Waals surface area contributed by atoms with Crippen LogP contribution in [-0.2, 0) is 0 Å². The van der Waals surface area contributed by atoms with Gasteiger partial charge in [0, 0.05) is 6.20 Å². The summed E-state index contributed by atoms with van der Waals surface area (Å²) in [5.74, 6) is -0.486. The Bertz CT molecular complexity index is 434. The first-order valence-corrected chi connectivity index (χ1v) is 3.36. The molecule has 2 rings (SSSR count). The number of aromatic nitrogens is 3. The number of nitrogens with zero attached hydrogens (tertiary/aromatic N) is 2. The van der Waals surface area contributed by atoms with Gasteiger partial charge in [0.05, 0.1) is 17.3 Å². The number of primary amides is 1. The van der Waals surface area contributed by atoms with Crippen molar-refractivity contribution in [3.05, 3.63) is 24.3 Å². The maximum Gasteiger partial charge on any atom is 0.252 e. The van der Waals surface area contributed by atoms with E-state index in [2.05, 4.69) is 15.0 Å². The molecule has 12 heavy (non-hydrogen) atoms. The number of carbonyl (C=O) groups is 1. The van der Waals surface area contributed by atoms with Crippen molar-refractivity contribution in [2.75, 3.05) is 0 Å². The zero-order chi connectivity index (χ0) is 8.55. The van der Waals surface area contributed by atoms with Gasteiger partial charge in [0.2, 0.25) is 0 Å². The van der Waals surface area contributed by atoms with E-state index >= 15 is 0 Å². The molecule has 0 aliphatic carbocycles. The predicted octanol–water partition coefficient (Wildman–Crippen LogP) is 0.0568. The molecule has 0 spiro atoms. The van der Waals surface area contributed by atoms with Crippen LogP contribution in [0.15, 0.2) is 18.7 Å². The molecular weight excluding hydrogens is 156 g/mol. The third-order valence-electron chi connectivity index (χ3n) is 1.60. The van der Waals surface area contributed by atoms with Crippen LogP contribution >= 0.6 is 0 Å². The van der Waals surface area contributed by atoms with Crippen molar-refractivity contribution in [3.8, 4) is 0 Å². The molecule has 0 aliphatic heterocycles. The maximum atomic E-state index is 10.8. The topological polar surface area (TPSA) is 84.7 Å². The van der Waals surface area contributed by atoms with E-state index in [0.29, 0.717) is 16.6 Å². The average Bonchev–Trinajstić information content (AvgIpc) is 2.47. The van der Waals surface area contributed by atoms with Crippen molar-refractivity contribution in [1.29, 1.82) is 0 Å². The lowest BCUT2D eigenvalue weighted by Crippen LogP contribution is -2.10. The lowest BCUT2D eigenvalue weighted by molar-refractivity contribution is 0.100. The van der Waals surface area contributed by atoms with Gasteiger partial charge in [0.15, 0.2) is 0 Å². The van der Waals surface area contributed by atoms with Crippen LogP contribution in [-0.4, -0.2) is 20.9 Å². The van der Waals surface area contributed by atoms with Crippen LogP contribution in [0.3, 0.4) is 0 Å². The smallest absolute Gasteiger partial charge is 0.252 e. The number of carbonyl (C=O) groups excluding carboxylic acids is 1. The Morgan fingerprint density at radius 1 is 1.58 bits per heavy atom. The van der Waals surface area contributed by atoms with Gasteiger partial charge in [-0.1, -0.05) is 0 Å². The highest BCUT2D eigenvalue weighted by atomic mass is 16.1. The monoisotopic (exact) mass is 162 g/mol. The molecule has 0 saturated carbocycles. The Morgan fingerprint density at radius 3 is 3.17 bits per heavy atom. The van der Waals surface area contributed by atoms with Gasteiger partial charge in [0.1, 0.15) is 11.8 Å². The second kappa shape index (κ2) is 2.30. The van der Waals surface area contributed by atoms with Gasteiger partial charge >= 0.3 is 0 Å². The fourth-order valence-electron chi connectivity index (χ4n) is 1.06. The first-order valence-electron chi connectivity index (χ1n) is 3.36. The number of H-pyrrole nitrogens is 1. The number of hydrogen-bond donors (Lipinski definition) is 2. The number of aromatic amines is 1. The van der Waals surface area contributed by atoms with Crippen LogP contribution in [0.2, 0.25) is 0 Å². The van der Waals surface area contributed by atoms with E-state index in [-0.39, 0.29) is 0 Å². The molecule has 1 amide bonds. The van der Waals surface area contributed by atoms with E-state index in [9.17, 15) is 4.79 Å². The van der Waals surface area contributed by atoms with E-state index in [4.69, 9.17) is 5.73 Å². The number of amides is 1. The highest BCUT2D eigenvalue weighted by Gasteiger charge is 2.08. The molecule has 0 atom stereocenters. The SMILES string of the molecule is NC(=O)c1c[nH]c2cncnc12. The van der Waals surface area contributed by atoms with Crippen LogP contribution < -0.4 is 5.73 Å². The van der Waals surface area contributed by atoms with Crippen LogP contribution in [0.5, 0.6) is 0 Å². The molecular formula is C7H6N4O. The van der Waals surface area contributed by atoms with Crippen LogP contribution in [0, 0.1) is 0 Å². The number of rotatable bonds is 1. The third-order valence-corrected chi connectivity index (χ3v) is 1.60. The van der Waals surface area contributed by atoms with Crippen molar-refractivity contribution < 1.29 is 4.79 Å². The first-order chi connectivity index (χ1) is 5.79. The Balaban J connectivity index is 2.79. The fraction of sp³-hybridized carbons (Fsp3) is 0. The summed E-state index contributed by atoms with van der Waals surface area (Å²) < 4.78 is 0. The standard InChI is InChI=1S/C7H6N4O/c8-7(12)4-1-10-5-2-9-3-11-6(4)5/h1-3,10H,(H2,8,12). The van der Waals surface area contributed by atoms with Crippen molar-refractivity contribution in [3.63, 3.8) is 0 Å². The molecule has 2 aromatic rings. The molecule has 5 heteroatoms. The van der Waals surface area contributed by atoms with Gasteiger partial charge in [-0.25, -0.2) is 9.97 Å². The molecule has 0 radical (unpaired) electrons. The summed E-state index contributed by atoms with van der Waals surface area (Å²) in [5, 5.41) is 0. The van der Waals surface area contributed by atoms with Crippen LogP contribution in [0.4, 0.5) is 0 Å². The van der Waals surface area contributed by atoms with E-state index in [1.54, 1.807) is 6.20 Å². The minimum absolute atomic E-state index is 0.396. The molecule has 0 fully saturated rings. The molecule has 0 unspecified atom stereocenters. The highest BCUT2D eigenvalue weighted by Crippen LogP contribution is 2.12. The number of nitrogens with two attached hydrogens (primary N) is 1. The van der Waals surface area contributed by atoms with Gasteiger partial charge in [-0.05, 0) is 0 Å². The minimum atomic E-state index is -0.486. The molecule has 60 valence electrons. The zero-order valence-electron chi connectivity index (χ0n) is 6.11. The van der Waals surface area contributed by atoms with Crippen molar-refractivity contribution in [1.82, 2.24) is 15.0 Å². The quantitative estimate of drug-likeness (QED) is 0.621. The summed E-state index contributed by atoms with van der Waals surface area (Å²) in [5.41, 5.74) is 6.78. The lowest BCUT2D eigenvalue weighted by Gasteiger charge is -1.88.